The van der Waals surface area contributed by atoms with Gasteiger partial charge in [0.2, 0.25) is 0 Å². The molecule has 2 rings (SSSR count). The van der Waals surface area contributed by atoms with Crippen LogP contribution in [0.2, 0.25) is 0 Å². The van der Waals surface area contributed by atoms with Gasteiger partial charge < -0.3 is 20.4 Å². The van der Waals surface area contributed by atoms with Gasteiger partial charge in [-0.2, -0.15) is 0 Å². The van der Waals surface area contributed by atoms with Gasteiger partial charge in [-0.3, -0.25) is 9.69 Å². The number of hydrogen-bond donors (Lipinski definition) is 4. The average Bonchev–Trinajstić information content (AvgIpc) is 2.56. The quantitative estimate of drug-likeness (QED) is 0.379. The first-order valence-electron chi connectivity index (χ1n) is 4.57. The fraction of sp³-hybridized carbons (Fsp3) is 0.875. The maximum Gasteiger partial charge on any atom is 0.323 e. The molecule has 4 N–H and O–H groups in total. The number of carbonyl (C=O) groups is 1. The Balaban J connectivity index is 2.26. The summed E-state index contributed by atoms with van der Waals surface area (Å²) in [6.45, 7) is 0.400. The third-order valence-electron chi connectivity index (χ3n) is 3.09. The van der Waals surface area contributed by atoms with E-state index in [4.69, 9.17) is 5.11 Å². The van der Waals surface area contributed by atoms with E-state index in [1.165, 1.54) is 4.90 Å². The molecule has 2 aliphatic rings. The van der Waals surface area contributed by atoms with Crippen LogP contribution in [-0.4, -0.2) is 68.2 Å². The van der Waals surface area contributed by atoms with Crippen LogP contribution in [0.25, 0.3) is 0 Å². The highest BCUT2D eigenvalue weighted by Gasteiger charge is 2.55. The number of rotatable bonds is 1. The summed E-state index contributed by atoms with van der Waals surface area (Å²) >= 11 is 0. The molecule has 2 heterocycles. The Morgan fingerprint density at radius 3 is 2.43 bits per heavy atom. The van der Waals surface area contributed by atoms with Gasteiger partial charge in [0, 0.05) is 6.54 Å². The normalized spacial score (nSPS) is 48.1. The Kier molecular flexibility index (Phi) is 2.23. The van der Waals surface area contributed by atoms with Gasteiger partial charge in [-0.15, -0.1) is 0 Å². The second kappa shape index (κ2) is 3.16. The second-order valence-corrected chi connectivity index (χ2v) is 3.85. The van der Waals surface area contributed by atoms with Crippen molar-refractivity contribution in [2.45, 2.75) is 36.8 Å². The lowest BCUT2D eigenvalue weighted by atomic mass is 10.0. The molecule has 0 aliphatic carbocycles. The predicted octanol–water partition coefficient (Wildman–Crippen LogP) is -2.39. The van der Waals surface area contributed by atoms with Crippen molar-refractivity contribution in [3.8, 4) is 0 Å². The van der Waals surface area contributed by atoms with Crippen LogP contribution in [0.1, 0.15) is 6.42 Å². The molecule has 2 aliphatic heterocycles. The zero-order valence-electron chi connectivity index (χ0n) is 7.45. The largest absolute Gasteiger partial charge is 0.480 e. The van der Waals surface area contributed by atoms with Crippen molar-refractivity contribution in [1.29, 1.82) is 0 Å². The van der Waals surface area contributed by atoms with E-state index in [1.54, 1.807) is 0 Å². The van der Waals surface area contributed by atoms with Crippen molar-refractivity contribution in [3.63, 3.8) is 0 Å². The number of carboxylic acid groups (broad SMARTS) is 1. The number of fused-ring (bicyclic) bond motifs is 1. The molecule has 0 amide bonds. The summed E-state index contributed by atoms with van der Waals surface area (Å²) < 4.78 is 0. The zero-order chi connectivity index (χ0) is 10.5. The molecule has 0 spiro atoms. The van der Waals surface area contributed by atoms with Crippen LogP contribution in [0, 0.1) is 0 Å². The maximum atomic E-state index is 10.8. The molecular weight excluding hydrogens is 190 g/mol. The molecule has 0 saturated carbocycles. The molecule has 6 heteroatoms. The van der Waals surface area contributed by atoms with Crippen molar-refractivity contribution in [1.82, 2.24) is 4.90 Å². The average molecular weight is 203 g/mol. The van der Waals surface area contributed by atoms with E-state index in [1.807, 2.05) is 0 Å². The molecule has 0 aromatic heterocycles. The first kappa shape index (κ1) is 9.85. The van der Waals surface area contributed by atoms with Crippen LogP contribution in [-0.2, 0) is 4.79 Å². The van der Waals surface area contributed by atoms with Gasteiger partial charge in [-0.1, -0.05) is 0 Å². The van der Waals surface area contributed by atoms with Crippen LogP contribution in [0.4, 0.5) is 0 Å². The molecule has 0 aromatic carbocycles. The summed E-state index contributed by atoms with van der Waals surface area (Å²) in [6, 6.07) is -1.72. The topological polar surface area (TPSA) is 101 Å². The van der Waals surface area contributed by atoms with Crippen LogP contribution in [0.3, 0.4) is 0 Å². The second-order valence-electron chi connectivity index (χ2n) is 3.85. The minimum atomic E-state index is -1.31. The summed E-state index contributed by atoms with van der Waals surface area (Å²) in [4.78, 5) is 12.3. The van der Waals surface area contributed by atoms with Crippen molar-refractivity contribution in [2.75, 3.05) is 6.54 Å². The molecule has 14 heavy (non-hydrogen) atoms. The first-order valence-corrected chi connectivity index (χ1v) is 4.57. The summed E-state index contributed by atoms with van der Waals surface area (Å²) in [7, 11) is 0. The highest BCUT2D eigenvalue weighted by Crippen LogP contribution is 2.33. The standard InChI is InChI=1S/C8H13NO5/c10-3-1-2-9-4(3)6(11)7(12)5(9)8(13)14/h3-7,10-12H,1-2H2,(H,13,14). The van der Waals surface area contributed by atoms with Crippen molar-refractivity contribution in [2.24, 2.45) is 0 Å². The van der Waals surface area contributed by atoms with Crippen LogP contribution in [0.15, 0.2) is 0 Å². The fourth-order valence-corrected chi connectivity index (χ4v) is 2.44. The maximum absolute atomic E-state index is 10.8. The van der Waals surface area contributed by atoms with E-state index in [2.05, 4.69) is 0 Å². The van der Waals surface area contributed by atoms with Crippen LogP contribution < -0.4 is 0 Å². The van der Waals surface area contributed by atoms with Gasteiger partial charge in [0.25, 0.3) is 0 Å². The van der Waals surface area contributed by atoms with Crippen molar-refractivity contribution < 1.29 is 25.2 Å². The lowest BCUT2D eigenvalue weighted by Gasteiger charge is -2.20. The van der Waals surface area contributed by atoms with E-state index < -0.39 is 36.4 Å². The SMILES string of the molecule is O=C(O)C1C(O)C(O)C2C(O)CCN12. The van der Waals surface area contributed by atoms with E-state index in [9.17, 15) is 20.1 Å². The lowest BCUT2D eigenvalue weighted by molar-refractivity contribution is -0.145. The monoisotopic (exact) mass is 203 g/mol. The third-order valence-corrected chi connectivity index (χ3v) is 3.09. The van der Waals surface area contributed by atoms with E-state index in [-0.39, 0.29) is 0 Å². The number of hydrogen-bond acceptors (Lipinski definition) is 5. The predicted molar refractivity (Wildman–Crippen MR) is 44.6 cm³/mol. The molecule has 2 saturated heterocycles. The number of aliphatic hydroxyl groups excluding tert-OH is 3. The Morgan fingerprint density at radius 2 is 1.86 bits per heavy atom. The van der Waals surface area contributed by atoms with Crippen molar-refractivity contribution in [3.05, 3.63) is 0 Å². The Hall–Kier alpha value is -0.690. The number of aliphatic carboxylic acids is 1. The van der Waals surface area contributed by atoms with E-state index in [0.29, 0.717) is 13.0 Å². The Morgan fingerprint density at radius 1 is 1.21 bits per heavy atom. The molecule has 0 aromatic rings. The van der Waals surface area contributed by atoms with Gasteiger partial charge in [-0.05, 0) is 6.42 Å². The van der Waals surface area contributed by atoms with Gasteiger partial charge in [-0.25, -0.2) is 0 Å². The molecular formula is C8H13NO5. The van der Waals surface area contributed by atoms with Crippen molar-refractivity contribution >= 4 is 5.97 Å². The highest BCUT2D eigenvalue weighted by molar-refractivity contribution is 5.75. The third kappa shape index (κ3) is 1.15. The molecule has 80 valence electrons. The fourth-order valence-electron chi connectivity index (χ4n) is 2.44. The molecule has 6 nitrogen and oxygen atoms in total. The first-order chi connectivity index (χ1) is 6.54. The van der Waals surface area contributed by atoms with Crippen LogP contribution >= 0.6 is 0 Å². The summed E-state index contributed by atoms with van der Waals surface area (Å²) in [5.74, 6) is -1.16. The number of carboxylic acids is 1. The molecule has 5 atom stereocenters. The van der Waals surface area contributed by atoms with Gasteiger partial charge in [0.1, 0.15) is 18.2 Å². The number of nitrogens with zero attached hydrogens (tertiary/aromatic N) is 1. The highest BCUT2D eigenvalue weighted by atomic mass is 16.4. The van der Waals surface area contributed by atoms with E-state index in [0.717, 1.165) is 0 Å². The summed E-state index contributed by atoms with van der Waals surface area (Å²) in [5.41, 5.74) is 0. The van der Waals surface area contributed by atoms with Crippen LogP contribution in [0.5, 0.6) is 0 Å². The minimum Gasteiger partial charge on any atom is -0.480 e. The smallest absolute Gasteiger partial charge is 0.323 e. The van der Waals surface area contributed by atoms with Gasteiger partial charge in [0.15, 0.2) is 0 Å². The Bertz CT molecular complexity index is 258. The molecule has 0 bridgehead atoms. The van der Waals surface area contributed by atoms with E-state index >= 15 is 0 Å². The summed E-state index contributed by atoms with van der Waals surface area (Å²) in [6.07, 6.45) is -2.79. The van der Waals surface area contributed by atoms with Gasteiger partial charge >= 0.3 is 5.97 Å². The number of aliphatic hydroxyl groups is 3. The zero-order valence-corrected chi connectivity index (χ0v) is 7.45. The summed E-state index contributed by atoms with van der Waals surface area (Å²) in [5, 5.41) is 37.3. The van der Waals surface area contributed by atoms with Gasteiger partial charge in [0.05, 0.1) is 12.1 Å². The Labute approximate surface area is 80.4 Å². The molecule has 0 radical (unpaired) electrons. The molecule has 2 fully saturated rings. The lowest BCUT2D eigenvalue weighted by Crippen LogP contribution is -2.42. The molecule has 5 unspecified atom stereocenters. The minimum absolute atomic E-state index is 0.400.